The maximum Gasteiger partial charge on any atom is 0.267 e. The van der Waals surface area contributed by atoms with Crippen LogP contribution in [0.3, 0.4) is 0 Å². The highest BCUT2D eigenvalue weighted by atomic mass is 16.3. The zero-order chi connectivity index (χ0) is 18.2. The van der Waals surface area contributed by atoms with Gasteiger partial charge in [-0.05, 0) is 14.1 Å². The van der Waals surface area contributed by atoms with Gasteiger partial charge in [-0.25, -0.2) is 0 Å². The molecule has 3 amide bonds. The molecule has 1 aliphatic heterocycles. The number of likely N-dealkylation sites (N-methyl/N-ethyl adjacent to an activating group) is 1. The van der Waals surface area contributed by atoms with Gasteiger partial charge in [0.05, 0.1) is 18.3 Å². The van der Waals surface area contributed by atoms with Crippen LogP contribution in [0.5, 0.6) is 0 Å². The molecule has 0 spiro atoms. The van der Waals surface area contributed by atoms with Crippen LogP contribution in [-0.2, 0) is 9.59 Å². The number of primary amides is 1. The zero-order valence-electron chi connectivity index (χ0n) is 14.2. The molecule has 0 unspecified atom stereocenters. The van der Waals surface area contributed by atoms with Crippen molar-refractivity contribution in [2.24, 2.45) is 11.1 Å². The van der Waals surface area contributed by atoms with Crippen molar-refractivity contribution >= 4 is 28.8 Å². The highest BCUT2D eigenvalue weighted by Gasteiger charge is 2.50. The molecule has 0 bridgehead atoms. The number of hydrogen-bond donors (Lipinski definition) is 3. The van der Waals surface area contributed by atoms with Gasteiger partial charge in [0.2, 0.25) is 11.8 Å². The Bertz CT molecular complexity index is 787. The molecule has 1 fully saturated rings. The molecular weight excluding hydrogens is 326 g/mol. The molecule has 4 N–H and O–H groups in total. The van der Waals surface area contributed by atoms with Gasteiger partial charge < -0.3 is 30.3 Å². The molecule has 9 nitrogen and oxygen atoms in total. The Morgan fingerprint density at radius 3 is 2.72 bits per heavy atom. The molecule has 0 saturated carbocycles. The quantitative estimate of drug-likeness (QED) is 0.641. The van der Waals surface area contributed by atoms with E-state index in [-0.39, 0.29) is 38.0 Å². The van der Waals surface area contributed by atoms with E-state index in [9.17, 15) is 14.4 Å². The Morgan fingerprint density at radius 1 is 1.40 bits per heavy atom. The first-order valence-corrected chi connectivity index (χ1v) is 7.87. The number of H-pyrrole nitrogens is 1. The molecule has 2 aromatic rings. The fourth-order valence-corrected chi connectivity index (χ4v) is 2.90. The molecule has 134 valence electrons. The lowest BCUT2D eigenvalue weighted by molar-refractivity contribution is -0.151. The van der Waals surface area contributed by atoms with Crippen LogP contribution < -0.4 is 11.1 Å². The third-order valence-corrected chi connectivity index (χ3v) is 4.39. The number of nitrogens with zero attached hydrogens (tertiary/aromatic N) is 2. The molecule has 0 radical (unpaired) electrons. The largest absolute Gasteiger partial charge is 0.463 e. The minimum atomic E-state index is -0.927. The van der Waals surface area contributed by atoms with Gasteiger partial charge >= 0.3 is 0 Å². The summed E-state index contributed by atoms with van der Waals surface area (Å²) in [6, 6.07) is 3.31. The monoisotopic (exact) mass is 347 g/mol. The van der Waals surface area contributed by atoms with Gasteiger partial charge in [0.1, 0.15) is 11.1 Å². The summed E-state index contributed by atoms with van der Waals surface area (Å²) in [5.74, 6) is -0.954. The van der Waals surface area contributed by atoms with E-state index in [0.717, 1.165) is 5.52 Å². The Labute approximate surface area is 144 Å². The van der Waals surface area contributed by atoms with Crippen molar-refractivity contribution < 1.29 is 18.8 Å². The summed E-state index contributed by atoms with van der Waals surface area (Å²) in [5, 5.41) is 2.71. The van der Waals surface area contributed by atoms with Crippen LogP contribution >= 0.6 is 0 Å². The molecule has 3 rings (SSSR count). The van der Waals surface area contributed by atoms with E-state index >= 15 is 0 Å². The molecule has 0 atom stereocenters. The SMILES string of the molecule is CN(C)CC(=O)N1CC(CNC(=O)c2cc3occc3[nH]2)(C(N)=O)C1. The average Bonchev–Trinajstić information content (AvgIpc) is 3.05. The number of likely N-dealkylation sites (tertiary alicyclic amines) is 1. The van der Waals surface area contributed by atoms with E-state index in [2.05, 4.69) is 10.3 Å². The fourth-order valence-electron chi connectivity index (χ4n) is 2.90. The van der Waals surface area contributed by atoms with Crippen molar-refractivity contribution in [1.29, 1.82) is 0 Å². The van der Waals surface area contributed by atoms with Crippen LogP contribution in [-0.4, -0.2) is 72.8 Å². The van der Waals surface area contributed by atoms with Crippen LogP contribution in [0.1, 0.15) is 10.5 Å². The normalized spacial score (nSPS) is 16.0. The molecule has 1 saturated heterocycles. The molecule has 2 aromatic heterocycles. The number of rotatable bonds is 6. The smallest absolute Gasteiger partial charge is 0.267 e. The number of fused-ring (bicyclic) bond motifs is 1. The predicted octanol–water partition coefficient (Wildman–Crippen LogP) is -0.634. The second-order valence-corrected chi connectivity index (χ2v) is 6.70. The minimum Gasteiger partial charge on any atom is -0.463 e. The summed E-state index contributed by atoms with van der Waals surface area (Å²) in [5.41, 5.74) is 6.22. The van der Waals surface area contributed by atoms with Gasteiger partial charge in [-0.3, -0.25) is 14.4 Å². The first-order valence-electron chi connectivity index (χ1n) is 7.87. The lowest BCUT2D eigenvalue weighted by atomic mass is 9.78. The topological polar surface area (TPSA) is 125 Å². The fraction of sp³-hybridized carbons (Fsp3) is 0.438. The number of aromatic nitrogens is 1. The first kappa shape index (κ1) is 17.0. The molecule has 0 aliphatic carbocycles. The minimum absolute atomic E-state index is 0.0714. The van der Waals surface area contributed by atoms with Gasteiger partial charge in [0.15, 0.2) is 5.58 Å². The number of nitrogens with one attached hydrogen (secondary N) is 2. The Kier molecular flexibility index (Phi) is 4.25. The molecule has 9 heteroatoms. The molecule has 25 heavy (non-hydrogen) atoms. The van der Waals surface area contributed by atoms with Crippen molar-refractivity contribution in [2.45, 2.75) is 0 Å². The number of hydrogen-bond acceptors (Lipinski definition) is 5. The van der Waals surface area contributed by atoms with Crippen molar-refractivity contribution in [3.63, 3.8) is 0 Å². The Balaban J connectivity index is 1.60. The standard InChI is InChI=1S/C16H21N5O4/c1-20(2)6-13(22)21-8-16(9-21,15(17)24)7-18-14(23)11-5-12-10(19-11)3-4-25-12/h3-5,19H,6-9H2,1-2H3,(H2,17,24)(H,18,23). The number of nitrogens with two attached hydrogens (primary N) is 1. The predicted molar refractivity (Wildman–Crippen MR) is 89.7 cm³/mol. The third-order valence-electron chi connectivity index (χ3n) is 4.39. The number of carbonyl (C=O) groups excluding carboxylic acids is 3. The molecule has 3 heterocycles. The summed E-state index contributed by atoms with van der Waals surface area (Å²) in [7, 11) is 3.59. The van der Waals surface area contributed by atoms with Crippen LogP contribution in [0.25, 0.3) is 11.1 Å². The van der Waals surface area contributed by atoms with Gasteiger partial charge in [0, 0.05) is 31.8 Å². The van der Waals surface area contributed by atoms with Gasteiger partial charge in [0.25, 0.3) is 5.91 Å². The van der Waals surface area contributed by atoms with E-state index in [0.29, 0.717) is 11.3 Å². The van der Waals surface area contributed by atoms with Crippen molar-refractivity contribution in [1.82, 2.24) is 20.1 Å². The van der Waals surface area contributed by atoms with Crippen molar-refractivity contribution in [3.05, 3.63) is 24.1 Å². The molecule has 0 aromatic carbocycles. The van der Waals surface area contributed by atoms with Crippen LogP contribution in [0.4, 0.5) is 0 Å². The summed E-state index contributed by atoms with van der Waals surface area (Å²) in [6.45, 7) is 0.765. The second kappa shape index (κ2) is 6.25. The van der Waals surface area contributed by atoms with E-state index in [1.807, 2.05) is 0 Å². The lowest BCUT2D eigenvalue weighted by Crippen LogP contribution is -2.68. The Morgan fingerprint density at radius 2 is 2.12 bits per heavy atom. The number of carbonyl (C=O) groups is 3. The number of aromatic amines is 1. The number of amides is 3. The Hall–Kier alpha value is -2.81. The summed E-state index contributed by atoms with van der Waals surface area (Å²) in [4.78, 5) is 42.4. The second-order valence-electron chi connectivity index (χ2n) is 6.70. The highest BCUT2D eigenvalue weighted by molar-refractivity contribution is 5.97. The van der Waals surface area contributed by atoms with E-state index < -0.39 is 11.3 Å². The van der Waals surface area contributed by atoms with Crippen LogP contribution in [0.15, 0.2) is 22.8 Å². The summed E-state index contributed by atoms with van der Waals surface area (Å²) < 4.78 is 5.20. The maximum absolute atomic E-state index is 12.3. The summed E-state index contributed by atoms with van der Waals surface area (Å²) in [6.07, 6.45) is 1.53. The number of furan rings is 1. The molecular formula is C16H21N5O4. The van der Waals surface area contributed by atoms with E-state index in [1.165, 1.54) is 6.26 Å². The van der Waals surface area contributed by atoms with Gasteiger partial charge in [-0.15, -0.1) is 0 Å². The van der Waals surface area contributed by atoms with Gasteiger partial charge in [-0.2, -0.15) is 0 Å². The van der Waals surface area contributed by atoms with E-state index in [4.69, 9.17) is 10.2 Å². The van der Waals surface area contributed by atoms with Crippen LogP contribution in [0.2, 0.25) is 0 Å². The van der Waals surface area contributed by atoms with E-state index in [1.54, 1.807) is 36.0 Å². The maximum atomic E-state index is 12.3. The highest BCUT2D eigenvalue weighted by Crippen LogP contribution is 2.30. The van der Waals surface area contributed by atoms with Gasteiger partial charge in [-0.1, -0.05) is 0 Å². The van der Waals surface area contributed by atoms with Crippen LogP contribution in [0, 0.1) is 5.41 Å². The van der Waals surface area contributed by atoms with Crippen molar-refractivity contribution in [2.75, 3.05) is 40.3 Å². The average molecular weight is 347 g/mol. The zero-order valence-corrected chi connectivity index (χ0v) is 14.2. The lowest BCUT2D eigenvalue weighted by Gasteiger charge is -2.48. The third kappa shape index (κ3) is 3.22. The first-order chi connectivity index (χ1) is 11.8. The van der Waals surface area contributed by atoms with Crippen molar-refractivity contribution in [3.8, 4) is 0 Å². The summed E-state index contributed by atoms with van der Waals surface area (Å²) >= 11 is 0. The molecule has 1 aliphatic rings.